The Morgan fingerprint density at radius 1 is 1.17 bits per heavy atom. The van der Waals surface area contributed by atoms with E-state index in [4.69, 9.17) is 5.84 Å². The number of nitrogens with two attached hydrogens (primary N) is 1. The Hall–Kier alpha value is -1.63. The van der Waals surface area contributed by atoms with Gasteiger partial charge in [-0.1, -0.05) is 12.8 Å². The van der Waals surface area contributed by atoms with Crippen LogP contribution in [-0.2, 0) is 0 Å². The molecule has 0 atom stereocenters. The topological polar surface area (TPSA) is 92.0 Å². The van der Waals surface area contributed by atoms with E-state index in [9.17, 15) is 0 Å². The third-order valence-electron chi connectivity index (χ3n) is 3.18. The SMILES string of the molecule is CN(C)c1nc(NN)nc(NCC2CCCC2)n1. The summed E-state index contributed by atoms with van der Waals surface area (Å²) < 4.78 is 0. The summed E-state index contributed by atoms with van der Waals surface area (Å²) in [5.74, 6) is 7.64. The summed E-state index contributed by atoms with van der Waals surface area (Å²) in [6.45, 7) is 0.918. The van der Waals surface area contributed by atoms with Crippen molar-refractivity contribution < 1.29 is 0 Å². The van der Waals surface area contributed by atoms with Crippen molar-refractivity contribution in [2.75, 3.05) is 36.3 Å². The lowest BCUT2D eigenvalue weighted by Gasteiger charge is -2.14. The number of rotatable bonds is 5. The quantitative estimate of drug-likeness (QED) is 0.527. The number of nitrogen functional groups attached to an aromatic ring is 1. The number of hydrazine groups is 1. The number of anilines is 3. The zero-order chi connectivity index (χ0) is 13.0. The van der Waals surface area contributed by atoms with Crippen LogP contribution >= 0.6 is 0 Å². The Morgan fingerprint density at radius 3 is 2.44 bits per heavy atom. The zero-order valence-corrected chi connectivity index (χ0v) is 11.0. The molecule has 0 aliphatic heterocycles. The lowest BCUT2D eigenvalue weighted by atomic mass is 10.1. The minimum atomic E-state index is 0.377. The molecule has 1 aromatic rings. The summed E-state index contributed by atoms with van der Waals surface area (Å²) in [7, 11) is 3.77. The molecule has 7 nitrogen and oxygen atoms in total. The van der Waals surface area contributed by atoms with E-state index in [-0.39, 0.29) is 0 Å². The highest BCUT2D eigenvalue weighted by Crippen LogP contribution is 2.24. The molecule has 0 aromatic carbocycles. The Morgan fingerprint density at radius 2 is 1.83 bits per heavy atom. The van der Waals surface area contributed by atoms with Gasteiger partial charge in [0.05, 0.1) is 0 Å². The fourth-order valence-electron chi connectivity index (χ4n) is 2.16. The largest absolute Gasteiger partial charge is 0.354 e. The van der Waals surface area contributed by atoms with Crippen LogP contribution in [0.25, 0.3) is 0 Å². The number of hydrogen-bond acceptors (Lipinski definition) is 7. The van der Waals surface area contributed by atoms with Crippen molar-refractivity contribution in [1.82, 2.24) is 15.0 Å². The normalized spacial score (nSPS) is 15.7. The summed E-state index contributed by atoms with van der Waals surface area (Å²) >= 11 is 0. The molecule has 2 rings (SSSR count). The van der Waals surface area contributed by atoms with Gasteiger partial charge in [-0.15, -0.1) is 0 Å². The summed E-state index contributed by atoms with van der Waals surface area (Å²) in [6.07, 6.45) is 5.26. The van der Waals surface area contributed by atoms with Crippen LogP contribution in [0.1, 0.15) is 25.7 Å². The maximum Gasteiger partial charge on any atom is 0.243 e. The van der Waals surface area contributed by atoms with Crippen molar-refractivity contribution in [1.29, 1.82) is 0 Å². The number of nitrogens with one attached hydrogen (secondary N) is 2. The van der Waals surface area contributed by atoms with Crippen LogP contribution in [0.4, 0.5) is 17.8 Å². The van der Waals surface area contributed by atoms with E-state index >= 15 is 0 Å². The highest BCUT2D eigenvalue weighted by molar-refractivity contribution is 5.42. The van der Waals surface area contributed by atoms with Crippen LogP contribution in [0.2, 0.25) is 0 Å². The van der Waals surface area contributed by atoms with E-state index in [0.717, 1.165) is 12.5 Å². The summed E-state index contributed by atoms with van der Waals surface area (Å²) in [6, 6.07) is 0. The maximum absolute atomic E-state index is 5.36. The van der Waals surface area contributed by atoms with Gasteiger partial charge in [-0.2, -0.15) is 15.0 Å². The molecule has 1 fully saturated rings. The van der Waals surface area contributed by atoms with E-state index in [1.165, 1.54) is 25.7 Å². The molecule has 0 spiro atoms. The van der Waals surface area contributed by atoms with Gasteiger partial charge in [0.1, 0.15) is 0 Å². The average molecular weight is 251 g/mol. The molecule has 1 aliphatic rings. The molecule has 0 saturated heterocycles. The first-order chi connectivity index (χ1) is 8.69. The molecule has 1 saturated carbocycles. The first kappa shape index (κ1) is 12.8. The van der Waals surface area contributed by atoms with Crippen LogP contribution in [-0.4, -0.2) is 35.6 Å². The minimum absolute atomic E-state index is 0.377. The van der Waals surface area contributed by atoms with E-state index in [1.54, 1.807) is 0 Å². The molecule has 1 heterocycles. The third-order valence-corrected chi connectivity index (χ3v) is 3.18. The van der Waals surface area contributed by atoms with Crippen LogP contribution in [0.3, 0.4) is 0 Å². The Balaban J connectivity index is 2.03. The summed E-state index contributed by atoms with van der Waals surface area (Å²) in [5.41, 5.74) is 2.46. The maximum atomic E-state index is 5.36. The van der Waals surface area contributed by atoms with Gasteiger partial charge >= 0.3 is 0 Å². The van der Waals surface area contributed by atoms with E-state index < -0.39 is 0 Å². The van der Waals surface area contributed by atoms with Gasteiger partial charge in [-0.3, -0.25) is 5.43 Å². The van der Waals surface area contributed by atoms with E-state index in [0.29, 0.717) is 17.8 Å². The molecule has 1 aromatic heterocycles. The van der Waals surface area contributed by atoms with Crippen LogP contribution in [0.5, 0.6) is 0 Å². The molecule has 4 N–H and O–H groups in total. The van der Waals surface area contributed by atoms with E-state index in [2.05, 4.69) is 25.7 Å². The standard InChI is InChI=1S/C11H21N7/c1-18(2)11-15-9(14-10(16-11)17-12)13-7-8-5-3-4-6-8/h8H,3-7,12H2,1-2H3,(H2,13,14,15,16,17). The van der Waals surface area contributed by atoms with Gasteiger partial charge in [-0.05, 0) is 18.8 Å². The molecule has 0 bridgehead atoms. The minimum Gasteiger partial charge on any atom is -0.354 e. The van der Waals surface area contributed by atoms with E-state index in [1.807, 2.05) is 19.0 Å². The first-order valence-corrected chi connectivity index (χ1v) is 6.33. The highest BCUT2D eigenvalue weighted by atomic mass is 15.4. The van der Waals surface area contributed by atoms with Gasteiger partial charge in [0.2, 0.25) is 17.8 Å². The summed E-state index contributed by atoms with van der Waals surface area (Å²) in [4.78, 5) is 14.5. The first-order valence-electron chi connectivity index (χ1n) is 6.33. The van der Waals surface area contributed by atoms with Crippen molar-refractivity contribution in [2.24, 2.45) is 11.8 Å². The number of aromatic nitrogens is 3. The van der Waals surface area contributed by atoms with Gasteiger partial charge in [-0.25, -0.2) is 5.84 Å². The second-order valence-corrected chi connectivity index (χ2v) is 4.85. The van der Waals surface area contributed by atoms with Crippen LogP contribution in [0.15, 0.2) is 0 Å². The molecule has 1 aliphatic carbocycles. The van der Waals surface area contributed by atoms with Gasteiger partial charge < -0.3 is 10.2 Å². The fraction of sp³-hybridized carbons (Fsp3) is 0.727. The van der Waals surface area contributed by atoms with Crippen LogP contribution in [0, 0.1) is 5.92 Å². The number of hydrogen-bond donors (Lipinski definition) is 3. The van der Waals surface area contributed by atoms with Crippen molar-refractivity contribution in [3.05, 3.63) is 0 Å². The fourth-order valence-corrected chi connectivity index (χ4v) is 2.16. The molecule has 18 heavy (non-hydrogen) atoms. The molecular formula is C11H21N7. The Kier molecular flexibility index (Phi) is 4.14. The lowest BCUT2D eigenvalue weighted by molar-refractivity contribution is 0.577. The molecule has 7 heteroatoms. The van der Waals surface area contributed by atoms with Crippen molar-refractivity contribution in [2.45, 2.75) is 25.7 Å². The van der Waals surface area contributed by atoms with Crippen LogP contribution < -0.4 is 21.5 Å². The monoisotopic (exact) mass is 251 g/mol. The predicted molar refractivity (Wildman–Crippen MR) is 72.4 cm³/mol. The second-order valence-electron chi connectivity index (χ2n) is 4.85. The summed E-state index contributed by atoms with van der Waals surface area (Å²) in [5, 5.41) is 3.27. The van der Waals surface area contributed by atoms with Crippen molar-refractivity contribution in [3.63, 3.8) is 0 Å². The molecule has 0 amide bonds. The number of nitrogens with zero attached hydrogens (tertiary/aromatic N) is 4. The Bertz CT molecular complexity index is 387. The van der Waals surface area contributed by atoms with Gasteiger partial charge in [0, 0.05) is 20.6 Å². The zero-order valence-electron chi connectivity index (χ0n) is 11.0. The molecule has 0 unspecified atom stereocenters. The van der Waals surface area contributed by atoms with Crippen molar-refractivity contribution in [3.8, 4) is 0 Å². The molecular weight excluding hydrogens is 230 g/mol. The Labute approximate surface area is 107 Å². The van der Waals surface area contributed by atoms with Gasteiger partial charge in [0.25, 0.3) is 0 Å². The van der Waals surface area contributed by atoms with Crippen molar-refractivity contribution >= 4 is 17.8 Å². The second kappa shape index (κ2) is 5.81. The molecule has 0 radical (unpaired) electrons. The highest BCUT2D eigenvalue weighted by Gasteiger charge is 2.15. The predicted octanol–water partition coefficient (Wildman–Crippen LogP) is 0.825. The average Bonchev–Trinajstić information content (AvgIpc) is 2.89. The lowest BCUT2D eigenvalue weighted by Crippen LogP contribution is -2.20. The third kappa shape index (κ3) is 3.19. The van der Waals surface area contributed by atoms with Gasteiger partial charge in [0.15, 0.2) is 0 Å². The smallest absolute Gasteiger partial charge is 0.243 e. The molecule has 100 valence electrons.